The molecule has 1 aromatic carbocycles. The second-order valence-electron chi connectivity index (χ2n) is 4.54. The van der Waals surface area contributed by atoms with Gasteiger partial charge in [-0.15, -0.1) is 0 Å². The van der Waals surface area contributed by atoms with Crippen molar-refractivity contribution in [3.8, 4) is 0 Å². The molecule has 1 heterocycles. The van der Waals surface area contributed by atoms with Crippen molar-refractivity contribution >= 4 is 17.7 Å². The topological polar surface area (TPSA) is 96.3 Å². The summed E-state index contributed by atoms with van der Waals surface area (Å²) >= 11 is 0. The number of benzene rings is 1. The van der Waals surface area contributed by atoms with Crippen LogP contribution >= 0.6 is 0 Å². The molecule has 0 saturated heterocycles. The highest BCUT2D eigenvalue weighted by Gasteiger charge is 2.12. The number of carboxylic acid groups (broad SMARTS) is 1. The number of urea groups is 1. The average Bonchev–Trinajstić information content (AvgIpc) is 2.94. The normalized spacial score (nSPS) is 10.1. The van der Waals surface area contributed by atoms with Crippen molar-refractivity contribution in [2.45, 2.75) is 13.5 Å². The molecule has 110 valence electrons. The van der Waals surface area contributed by atoms with Crippen LogP contribution in [0.2, 0.25) is 0 Å². The Morgan fingerprint density at radius 3 is 2.86 bits per heavy atom. The molecule has 0 atom stereocenters. The van der Waals surface area contributed by atoms with Gasteiger partial charge in [-0.1, -0.05) is 11.6 Å². The van der Waals surface area contributed by atoms with Gasteiger partial charge in [-0.3, -0.25) is 0 Å². The molecule has 7 heteroatoms. The van der Waals surface area contributed by atoms with Gasteiger partial charge in [0.1, 0.15) is 0 Å². The first-order chi connectivity index (χ1) is 10.1. The van der Waals surface area contributed by atoms with Gasteiger partial charge in [-0.2, -0.15) is 0 Å². The Balaban J connectivity index is 1.92. The van der Waals surface area contributed by atoms with Crippen molar-refractivity contribution in [2.24, 2.45) is 0 Å². The lowest BCUT2D eigenvalue weighted by Gasteiger charge is -2.10. The number of carboxylic acids is 1. The molecule has 0 radical (unpaired) electrons. The van der Waals surface area contributed by atoms with Crippen LogP contribution in [-0.2, 0) is 6.54 Å². The van der Waals surface area contributed by atoms with Gasteiger partial charge < -0.3 is 20.3 Å². The largest absolute Gasteiger partial charge is 0.478 e. The monoisotopic (exact) mass is 288 g/mol. The van der Waals surface area contributed by atoms with Crippen molar-refractivity contribution in [1.82, 2.24) is 14.9 Å². The van der Waals surface area contributed by atoms with Crippen molar-refractivity contribution in [2.75, 3.05) is 11.9 Å². The first kappa shape index (κ1) is 14.6. The highest BCUT2D eigenvalue weighted by molar-refractivity contribution is 6.00. The molecule has 7 nitrogen and oxygen atoms in total. The average molecular weight is 288 g/mol. The number of nitrogens with zero attached hydrogens (tertiary/aromatic N) is 2. The van der Waals surface area contributed by atoms with Gasteiger partial charge in [0, 0.05) is 25.5 Å². The van der Waals surface area contributed by atoms with Crippen LogP contribution < -0.4 is 10.6 Å². The van der Waals surface area contributed by atoms with E-state index in [-0.39, 0.29) is 11.3 Å². The predicted octanol–water partition coefficient (Wildman–Crippen LogP) is 1.71. The number of aromatic carboxylic acids is 1. The number of rotatable bonds is 5. The second kappa shape index (κ2) is 6.56. The fourth-order valence-corrected chi connectivity index (χ4v) is 1.83. The SMILES string of the molecule is Cc1ccc(NC(=O)NCCn2ccnc2)c(C(=O)O)c1. The lowest BCUT2D eigenvalue weighted by atomic mass is 10.1. The summed E-state index contributed by atoms with van der Waals surface area (Å²) in [6.07, 6.45) is 5.11. The molecule has 0 aliphatic heterocycles. The van der Waals surface area contributed by atoms with E-state index in [2.05, 4.69) is 15.6 Å². The van der Waals surface area contributed by atoms with Crippen LogP contribution in [0.25, 0.3) is 0 Å². The van der Waals surface area contributed by atoms with Crippen LogP contribution in [0.5, 0.6) is 0 Å². The van der Waals surface area contributed by atoms with Gasteiger partial charge in [0.15, 0.2) is 0 Å². The molecule has 0 fully saturated rings. The molecule has 3 N–H and O–H groups in total. The van der Waals surface area contributed by atoms with E-state index in [1.807, 2.05) is 4.57 Å². The standard InChI is InChI=1S/C14H16N4O3/c1-10-2-3-12(11(8-10)13(19)20)17-14(21)16-5-7-18-6-4-15-9-18/h2-4,6,8-9H,5,7H2,1H3,(H,19,20)(H2,16,17,21). The quantitative estimate of drug-likeness (QED) is 0.780. The van der Waals surface area contributed by atoms with E-state index in [4.69, 9.17) is 5.11 Å². The number of carbonyl (C=O) groups excluding carboxylic acids is 1. The highest BCUT2D eigenvalue weighted by atomic mass is 16.4. The molecule has 0 spiro atoms. The number of imidazole rings is 1. The van der Waals surface area contributed by atoms with Crippen LogP contribution in [0.15, 0.2) is 36.9 Å². The second-order valence-corrected chi connectivity index (χ2v) is 4.54. The van der Waals surface area contributed by atoms with Crippen LogP contribution in [0.1, 0.15) is 15.9 Å². The van der Waals surface area contributed by atoms with Crippen molar-refractivity contribution in [1.29, 1.82) is 0 Å². The summed E-state index contributed by atoms with van der Waals surface area (Å²) < 4.78 is 1.83. The maximum Gasteiger partial charge on any atom is 0.337 e. The zero-order chi connectivity index (χ0) is 15.2. The third kappa shape index (κ3) is 4.07. The number of hydrogen-bond donors (Lipinski definition) is 3. The maximum absolute atomic E-state index is 11.8. The van der Waals surface area contributed by atoms with Crippen LogP contribution in [0, 0.1) is 6.92 Å². The predicted molar refractivity (Wildman–Crippen MR) is 77.4 cm³/mol. The van der Waals surface area contributed by atoms with Gasteiger partial charge >= 0.3 is 12.0 Å². The number of aromatic nitrogens is 2. The van der Waals surface area contributed by atoms with E-state index < -0.39 is 12.0 Å². The van der Waals surface area contributed by atoms with E-state index in [0.717, 1.165) is 5.56 Å². The molecule has 2 rings (SSSR count). The molecule has 0 aliphatic carbocycles. The first-order valence-corrected chi connectivity index (χ1v) is 6.41. The Morgan fingerprint density at radius 2 is 2.19 bits per heavy atom. The molecule has 1 aromatic heterocycles. The zero-order valence-corrected chi connectivity index (χ0v) is 11.5. The molecular formula is C14H16N4O3. The summed E-state index contributed by atoms with van der Waals surface area (Å²) in [6, 6.07) is 4.40. The number of aryl methyl sites for hydroxylation is 1. The van der Waals surface area contributed by atoms with Crippen LogP contribution in [0.4, 0.5) is 10.5 Å². The Morgan fingerprint density at radius 1 is 1.38 bits per heavy atom. The van der Waals surface area contributed by atoms with Gasteiger partial charge in [0.2, 0.25) is 0 Å². The molecule has 0 bridgehead atoms. The zero-order valence-electron chi connectivity index (χ0n) is 11.5. The third-order valence-corrected chi connectivity index (χ3v) is 2.87. The van der Waals surface area contributed by atoms with Gasteiger partial charge in [0.05, 0.1) is 17.6 Å². The number of nitrogens with one attached hydrogen (secondary N) is 2. The summed E-state index contributed by atoms with van der Waals surface area (Å²) in [5.41, 5.74) is 1.16. The molecule has 0 saturated carbocycles. The molecular weight excluding hydrogens is 272 g/mol. The molecule has 0 unspecified atom stereocenters. The number of hydrogen-bond acceptors (Lipinski definition) is 3. The Bertz CT molecular complexity index is 638. The van der Waals surface area contributed by atoms with E-state index in [1.54, 1.807) is 37.8 Å². The summed E-state index contributed by atoms with van der Waals surface area (Å²) in [7, 11) is 0. The summed E-state index contributed by atoms with van der Waals surface area (Å²) in [4.78, 5) is 26.8. The van der Waals surface area contributed by atoms with E-state index in [1.165, 1.54) is 6.07 Å². The highest BCUT2D eigenvalue weighted by Crippen LogP contribution is 2.17. The number of anilines is 1. The van der Waals surface area contributed by atoms with Crippen molar-refractivity contribution < 1.29 is 14.7 Å². The molecule has 2 aromatic rings. The van der Waals surface area contributed by atoms with E-state index in [0.29, 0.717) is 13.1 Å². The van der Waals surface area contributed by atoms with E-state index in [9.17, 15) is 9.59 Å². The smallest absolute Gasteiger partial charge is 0.337 e. The molecule has 0 aliphatic rings. The van der Waals surface area contributed by atoms with Gasteiger partial charge in [-0.25, -0.2) is 14.6 Å². The van der Waals surface area contributed by atoms with Gasteiger partial charge in [0.25, 0.3) is 0 Å². The van der Waals surface area contributed by atoms with Crippen molar-refractivity contribution in [3.05, 3.63) is 48.0 Å². The number of amides is 2. The minimum Gasteiger partial charge on any atom is -0.478 e. The lowest BCUT2D eigenvalue weighted by Crippen LogP contribution is -2.31. The Labute approximate surface area is 121 Å². The lowest BCUT2D eigenvalue weighted by molar-refractivity contribution is 0.0698. The van der Waals surface area contributed by atoms with Crippen LogP contribution in [0.3, 0.4) is 0 Å². The number of carbonyl (C=O) groups is 2. The maximum atomic E-state index is 11.8. The fraction of sp³-hybridized carbons (Fsp3) is 0.214. The van der Waals surface area contributed by atoms with E-state index >= 15 is 0 Å². The summed E-state index contributed by atoms with van der Waals surface area (Å²) in [5.74, 6) is -1.08. The Kier molecular flexibility index (Phi) is 4.55. The van der Waals surface area contributed by atoms with Crippen molar-refractivity contribution in [3.63, 3.8) is 0 Å². The minimum atomic E-state index is -1.08. The minimum absolute atomic E-state index is 0.0692. The molecule has 21 heavy (non-hydrogen) atoms. The molecule has 2 amide bonds. The van der Waals surface area contributed by atoms with Gasteiger partial charge in [-0.05, 0) is 19.1 Å². The fourth-order valence-electron chi connectivity index (χ4n) is 1.83. The third-order valence-electron chi connectivity index (χ3n) is 2.87. The van der Waals surface area contributed by atoms with Crippen LogP contribution in [-0.4, -0.2) is 33.2 Å². The summed E-state index contributed by atoms with van der Waals surface area (Å²) in [5, 5.41) is 14.3. The Hall–Kier alpha value is -2.83. The summed E-state index contributed by atoms with van der Waals surface area (Å²) in [6.45, 7) is 2.80. The first-order valence-electron chi connectivity index (χ1n) is 6.41.